The third-order valence-electron chi connectivity index (χ3n) is 4.49. The predicted octanol–water partition coefficient (Wildman–Crippen LogP) is 3.69. The first-order chi connectivity index (χ1) is 11.0. The minimum atomic E-state index is 0.0838. The van der Waals surface area contributed by atoms with E-state index in [1.807, 2.05) is 4.90 Å². The van der Waals surface area contributed by atoms with Crippen LogP contribution >= 0.6 is 0 Å². The third-order valence-corrected chi connectivity index (χ3v) is 4.49. The number of anilines is 1. The summed E-state index contributed by atoms with van der Waals surface area (Å²) in [4.78, 5) is 16.4. The van der Waals surface area contributed by atoms with Crippen molar-refractivity contribution in [3.05, 3.63) is 29.8 Å². The van der Waals surface area contributed by atoms with Crippen LogP contribution < -0.4 is 10.2 Å². The number of benzene rings is 1. The summed E-state index contributed by atoms with van der Waals surface area (Å²) < 4.78 is 0. The largest absolute Gasteiger partial charge is 0.368 e. The molecule has 0 unspecified atom stereocenters. The SMILES string of the molecule is CC(C)CCNC(=O)N1CCN(c2ccc(C(C)C)cc2)CC1. The number of rotatable bonds is 5. The molecular formula is C19H31N3O. The average molecular weight is 317 g/mol. The molecule has 2 amide bonds. The molecule has 4 heteroatoms. The smallest absolute Gasteiger partial charge is 0.317 e. The molecule has 1 aliphatic rings. The molecule has 1 fully saturated rings. The van der Waals surface area contributed by atoms with Crippen molar-refractivity contribution in [2.45, 2.75) is 40.0 Å². The second-order valence-corrected chi connectivity index (χ2v) is 7.13. The molecule has 1 saturated heterocycles. The van der Waals surface area contributed by atoms with Crippen LogP contribution in [0.4, 0.5) is 10.5 Å². The van der Waals surface area contributed by atoms with Crippen LogP contribution in [-0.4, -0.2) is 43.7 Å². The number of amides is 2. The molecule has 4 nitrogen and oxygen atoms in total. The van der Waals surface area contributed by atoms with Gasteiger partial charge in [0.15, 0.2) is 0 Å². The quantitative estimate of drug-likeness (QED) is 0.899. The molecular weight excluding hydrogens is 286 g/mol. The van der Waals surface area contributed by atoms with E-state index in [1.165, 1.54) is 11.3 Å². The Hall–Kier alpha value is -1.71. The Bertz CT molecular complexity index is 488. The maximum atomic E-state index is 12.1. The van der Waals surface area contributed by atoms with Crippen LogP contribution in [0.5, 0.6) is 0 Å². The van der Waals surface area contributed by atoms with Gasteiger partial charge in [0, 0.05) is 38.4 Å². The molecule has 1 N–H and O–H groups in total. The van der Waals surface area contributed by atoms with Crippen LogP contribution in [0.25, 0.3) is 0 Å². The van der Waals surface area contributed by atoms with Crippen molar-refractivity contribution in [3.63, 3.8) is 0 Å². The van der Waals surface area contributed by atoms with Crippen LogP contribution in [0.3, 0.4) is 0 Å². The number of urea groups is 1. The summed E-state index contributed by atoms with van der Waals surface area (Å²) in [5.74, 6) is 1.19. The summed E-state index contributed by atoms with van der Waals surface area (Å²) in [5, 5.41) is 3.03. The van der Waals surface area contributed by atoms with Crippen molar-refractivity contribution in [1.82, 2.24) is 10.2 Å². The Kier molecular flexibility index (Phi) is 6.31. The highest BCUT2D eigenvalue weighted by molar-refractivity contribution is 5.74. The Balaban J connectivity index is 1.80. The fraction of sp³-hybridized carbons (Fsp3) is 0.632. The predicted molar refractivity (Wildman–Crippen MR) is 97.2 cm³/mol. The van der Waals surface area contributed by atoms with Gasteiger partial charge in [0.25, 0.3) is 0 Å². The molecule has 23 heavy (non-hydrogen) atoms. The van der Waals surface area contributed by atoms with Crippen LogP contribution in [0.1, 0.15) is 45.6 Å². The van der Waals surface area contributed by atoms with Gasteiger partial charge in [-0.15, -0.1) is 0 Å². The standard InChI is InChI=1S/C19H31N3O/c1-15(2)9-10-20-19(23)22-13-11-21(12-14-22)18-7-5-17(6-8-18)16(3)4/h5-8,15-16H,9-14H2,1-4H3,(H,20,23). The maximum absolute atomic E-state index is 12.1. The third kappa shape index (κ3) is 5.15. The van der Waals surface area contributed by atoms with Gasteiger partial charge >= 0.3 is 6.03 Å². The van der Waals surface area contributed by atoms with Crippen molar-refractivity contribution in [3.8, 4) is 0 Å². The lowest BCUT2D eigenvalue weighted by Crippen LogP contribution is -2.52. The molecule has 0 saturated carbocycles. The molecule has 1 aromatic carbocycles. The van der Waals surface area contributed by atoms with E-state index in [9.17, 15) is 4.79 Å². The minimum absolute atomic E-state index is 0.0838. The Morgan fingerprint density at radius 1 is 1.04 bits per heavy atom. The number of carbonyl (C=O) groups is 1. The van der Waals surface area contributed by atoms with Crippen molar-refractivity contribution < 1.29 is 4.79 Å². The zero-order valence-electron chi connectivity index (χ0n) is 15.0. The summed E-state index contributed by atoms with van der Waals surface area (Å²) in [5.41, 5.74) is 2.63. The zero-order valence-corrected chi connectivity index (χ0v) is 15.0. The van der Waals surface area contributed by atoms with Crippen molar-refractivity contribution in [2.24, 2.45) is 5.92 Å². The fourth-order valence-corrected chi connectivity index (χ4v) is 2.82. The highest BCUT2D eigenvalue weighted by Gasteiger charge is 2.21. The summed E-state index contributed by atoms with van der Waals surface area (Å²) in [6, 6.07) is 8.91. The summed E-state index contributed by atoms with van der Waals surface area (Å²) in [7, 11) is 0. The van der Waals surface area contributed by atoms with Crippen LogP contribution in [0.15, 0.2) is 24.3 Å². The summed E-state index contributed by atoms with van der Waals surface area (Å²) in [6.45, 7) is 12.9. The second kappa shape index (κ2) is 8.23. The summed E-state index contributed by atoms with van der Waals surface area (Å²) >= 11 is 0. The molecule has 0 aliphatic carbocycles. The number of nitrogens with zero attached hydrogens (tertiary/aromatic N) is 2. The van der Waals surface area contributed by atoms with E-state index in [4.69, 9.17) is 0 Å². The van der Waals surface area contributed by atoms with Crippen LogP contribution in [0.2, 0.25) is 0 Å². The minimum Gasteiger partial charge on any atom is -0.368 e. The molecule has 0 atom stereocenters. The molecule has 128 valence electrons. The van der Waals surface area contributed by atoms with E-state index in [2.05, 4.69) is 62.2 Å². The topological polar surface area (TPSA) is 35.6 Å². The van der Waals surface area contributed by atoms with Gasteiger partial charge < -0.3 is 15.1 Å². The number of hydrogen-bond acceptors (Lipinski definition) is 2. The van der Waals surface area contributed by atoms with E-state index in [-0.39, 0.29) is 6.03 Å². The first kappa shape index (κ1) is 17.6. The Morgan fingerprint density at radius 3 is 2.17 bits per heavy atom. The molecule has 0 radical (unpaired) electrons. The number of piperazine rings is 1. The van der Waals surface area contributed by atoms with Gasteiger partial charge in [-0.05, 0) is 36.0 Å². The molecule has 1 aromatic rings. The van der Waals surface area contributed by atoms with Gasteiger partial charge in [-0.2, -0.15) is 0 Å². The maximum Gasteiger partial charge on any atom is 0.317 e. The molecule has 0 bridgehead atoms. The van der Waals surface area contributed by atoms with E-state index >= 15 is 0 Å². The summed E-state index contributed by atoms with van der Waals surface area (Å²) in [6.07, 6.45) is 1.04. The lowest BCUT2D eigenvalue weighted by molar-refractivity contribution is 0.194. The number of hydrogen-bond donors (Lipinski definition) is 1. The van der Waals surface area contributed by atoms with E-state index in [0.717, 1.165) is 39.1 Å². The van der Waals surface area contributed by atoms with Gasteiger partial charge in [0.2, 0.25) is 0 Å². The molecule has 0 aromatic heterocycles. The van der Waals surface area contributed by atoms with E-state index < -0.39 is 0 Å². The molecule has 1 aliphatic heterocycles. The number of nitrogens with one attached hydrogen (secondary N) is 1. The Labute approximate surface area is 140 Å². The lowest BCUT2D eigenvalue weighted by atomic mass is 10.0. The van der Waals surface area contributed by atoms with Crippen molar-refractivity contribution >= 4 is 11.7 Å². The van der Waals surface area contributed by atoms with Gasteiger partial charge in [-0.3, -0.25) is 0 Å². The van der Waals surface area contributed by atoms with Gasteiger partial charge in [0.05, 0.1) is 0 Å². The highest BCUT2D eigenvalue weighted by Crippen LogP contribution is 2.21. The van der Waals surface area contributed by atoms with Crippen LogP contribution in [0, 0.1) is 5.92 Å². The molecule has 1 heterocycles. The first-order valence-corrected chi connectivity index (χ1v) is 8.85. The van der Waals surface area contributed by atoms with Gasteiger partial charge in [0.1, 0.15) is 0 Å². The van der Waals surface area contributed by atoms with Crippen LogP contribution in [-0.2, 0) is 0 Å². The van der Waals surface area contributed by atoms with Gasteiger partial charge in [-0.1, -0.05) is 39.8 Å². The van der Waals surface area contributed by atoms with Crippen molar-refractivity contribution in [1.29, 1.82) is 0 Å². The molecule has 0 spiro atoms. The lowest BCUT2D eigenvalue weighted by Gasteiger charge is -2.36. The van der Waals surface area contributed by atoms with Gasteiger partial charge in [-0.25, -0.2) is 4.79 Å². The molecule has 2 rings (SSSR count). The van der Waals surface area contributed by atoms with E-state index in [0.29, 0.717) is 11.8 Å². The first-order valence-electron chi connectivity index (χ1n) is 8.85. The highest BCUT2D eigenvalue weighted by atomic mass is 16.2. The van der Waals surface area contributed by atoms with Crippen molar-refractivity contribution in [2.75, 3.05) is 37.6 Å². The number of carbonyl (C=O) groups excluding carboxylic acids is 1. The fourth-order valence-electron chi connectivity index (χ4n) is 2.82. The van der Waals surface area contributed by atoms with E-state index in [1.54, 1.807) is 0 Å². The average Bonchev–Trinajstić information content (AvgIpc) is 2.54. The monoisotopic (exact) mass is 317 g/mol. The zero-order chi connectivity index (χ0) is 16.8. The Morgan fingerprint density at radius 2 is 1.65 bits per heavy atom. The second-order valence-electron chi connectivity index (χ2n) is 7.13. The normalized spacial score (nSPS) is 15.4.